The van der Waals surface area contributed by atoms with E-state index >= 15 is 0 Å². The summed E-state index contributed by atoms with van der Waals surface area (Å²) in [6.45, 7) is 3.17. The highest BCUT2D eigenvalue weighted by Crippen LogP contribution is 2.26. The maximum atomic E-state index is 13.6. The van der Waals surface area contributed by atoms with Gasteiger partial charge in [-0.25, -0.2) is 32.7 Å². The van der Waals surface area contributed by atoms with Crippen molar-refractivity contribution in [3.05, 3.63) is 47.8 Å². The van der Waals surface area contributed by atoms with Crippen molar-refractivity contribution < 1.29 is 46.3 Å². The summed E-state index contributed by atoms with van der Waals surface area (Å²) in [5.41, 5.74) is 1.62. The van der Waals surface area contributed by atoms with Gasteiger partial charge in [0.2, 0.25) is 5.16 Å². The number of rotatable bonds is 13. The van der Waals surface area contributed by atoms with Crippen molar-refractivity contribution in [3.8, 4) is 5.75 Å². The first-order valence-corrected chi connectivity index (χ1v) is 14.9. The molecule has 0 bridgehead atoms. The number of fused-ring (bicyclic) bond motifs is 1. The molecule has 44 heavy (non-hydrogen) atoms. The zero-order valence-electron chi connectivity index (χ0n) is 25.1. The molecular formula is C28H35F2N5O8S. The van der Waals surface area contributed by atoms with Crippen molar-refractivity contribution in [1.29, 1.82) is 0 Å². The van der Waals surface area contributed by atoms with Crippen molar-refractivity contribution >= 4 is 40.1 Å². The molecular weight excluding hydrogens is 604 g/mol. The van der Waals surface area contributed by atoms with Gasteiger partial charge in [0, 0.05) is 32.8 Å². The number of imidazole rings is 1. The number of para-hydroxylation sites is 2. The Morgan fingerprint density at radius 2 is 1.70 bits per heavy atom. The zero-order valence-corrected chi connectivity index (χ0v) is 25.9. The molecule has 16 heteroatoms. The first-order valence-electron chi connectivity index (χ1n) is 13.6. The third kappa shape index (κ3) is 9.33. The zero-order chi connectivity index (χ0) is 32.4. The topological polar surface area (TPSA) is 142 Å². The predicted octanol–water partition coefficient (Wildman–Crippen LogP) is 4.22. The van der Waals surface area contributed by atoms with E-state index in [1.807, 2.05) is 0 Å². The van der Waals surface area contributed by atoms with Gasteiger partial charge in [0.1, 0.15) is 19.0 Å². The molecule has 2 amide bonds. The molecule has 240 valence electrons. The molecule has 1 aromatic carbocycles. The third-order valence-electron chi connectivity index (χ3n) is 6.13. The first-order chi connectivity index (χ1) is 20.8. The summed E-state index contributed by atoms with van der Waals surface area (Å²) in [5.74, 6) is -3.01. The summed E-state index contributed by atoms with van der Waals surface area (Å²) in [7, 11) is 1.07. The lowest BCUT2D eigenvalue weighted by molar-refractivity contribution is -0.0231. The number of hydrogen-bond donors (Lipinski definition) is 0. The van der Waals surface area contributed by atoms with Gasteiger partial charge in [-0.05, 0) is 32.0 Å². The highest BCUT2D eigenvalue weighted by molar-refractivity contribution is 7.84. The van der Waals surface area contributed by atoms with Gasteiger partial charge in [0.25, 0.3) is 5.92 Å². The van der Waals surface area contributed by atoms with Gasteiger partial charge in [0.15, 0.2) is 6.61 Å². The molecule has 13 nitrogen and oxygen atoms in total. The van der Waals surface area contributed by atoms with Crippen LogP contribution in [0.5, 0.6) is 5.75 Å². The summed E-state index contributed by atoms with van der Waals surface area (Å²) in [5, 5.41) is -0.0333. The lowest BCUT2D eigenvalue weighted by Gasteiger charge is -2.21. The average molecular weight is 640 g/mol. The second-order valence-electron chi connectivity index (χ2n) is 9.72. The lowest BCUT2D eigenvalue weighted by Crippen LogP contribution is -2.37. The fourth-order valence-electron chi connectivity index (χ4n) is 3.76. The Hall–Kier alpha value is -4.34. The fourth-order valence-corrected chi connectivity index (χ4v) is 5.01. The SMILES string of the molecule is CCOC(=O)OCCN(C)C(=O)OCCN(C)C(=O)n1c([S@](=O)Cc2nccc(OCC(C)(F)F)c2C)nc2ccccc21. The molecule has 3 rings (SSSR count). The van der Waals surface area contributed by atoms with E-state index in [1.54, 1.807) is 38.1 Å². The van der Waals surface area contributed by atoms with Crippen LogP contribution in [0.2, 0.25) is 0 Å². The van der Waals surface area contributed by atoms with Gasteiger partial charge < -0.3 is 28.7 Å². The standard InChI is InChI=1S/C28H35F2N5O8S/c1-6-40-27(38)42-16-14-34(5)26(37)41-15-13-33(4)25(36)35-22-10-8-7-9-20(22)32-24(35)44(39)17-21-19(2)23(11-12-31-21)43-18-28(3,29)30/h7-12H,6,13-18H2,1-5H3/t44-/m1/s1. The van der Waals surface area contributed by atoms with Crippen LogP contribution < -0.4 is 4.74 Å². The maximum Gasteiger partial charge on any atom is 0.508 e. The Bertz CT molecular complexity index is 1500. The van der Waals surface area contributed by atoms with Crippen LogP contribution in [0.4, 0.5) is 23.2 Å². The largest absolute Gasteiger partial charge is 0.508 e. The molecule has 0 fully saturated rings. The first kappa shape index (κ1) is 34.2. The van der Waals surface area contributed by atoms with Gasteiger partial charge in [-0.1, -0.05) is 12.1 Å². The number of carbonyl (C=O) groups is 3. The number of pyridine rings is 1. The Morgan fingerprint density at radius 1 is 1.02 bits per heavy atom. The number of ether oxygens (including phenoxy) is 4. The number of amides is 2. The smallest absolute Gasteiger partial charge is 0.487 e. The van der Waals surface area contributed by atoms with Crippen molar-refractivity contribution in [3.63, 3.8) is 0 Å². The summed E-state index contributed by atoms with van der Waals surface area (Å²) >= 11 is 0. The van der Waals surface area contributed by atoms with Crippen LogP contribution in [-0.2, 0) is 30.8 Å². The molecule has 0 aliphatic carbocycles. The normalized spacial score (nSPS) is 12.0. The molecule has 0 unspecified atom stereocenters. The van der Waals surface area contributed by atoms with Crippen LogP contribution in [-0.4, -0.2) is 106 Å². The summed E-state index contributed by atoms with van der Waals surface area (Å²) in [6, 6.07) is 7.64. The minimum Gasteiger partial charge on any atom is -0.487 e. The molecule has 0 N–H and O–H groups in total. The fraction of sp³-hybridized carbons (Fsp3) is 0.464. The molecule has 0 spiro atoms. The molecule has 0 saturated heterocycles. The molecule has 0 aliphatic heterocycles. The average Bonchev–Trinajstić information content (AvgIpc) is 3.36. The Morgan fingerprint density at radius 3 is 2.41 bits per heavy atom. The van der Waals surface area contributed by atoms with E-state index in [9.17, 15) is 27.4 Å². The van der Waals surface area contributed by atoms with E-state index < -0.39 is 41.6 Å². The van der Waals surface area contributed by atoms with Crippen LogP contribution in [0.3, 0.4) is 0 Å². The number of likely N-dealkylation sites (N-methyl/N-ethyl adjacent to an activating group) is 2. The maximum absolute atomic E-state index is 13.6. The van der Waals surface area contributed by atoms with E-state index in [1.165, 1.54) is 40.7 Å². The summed E-state index contributed by atoms with van der Waals surface area (Å²) in [4.78, 5) is 48.3. The highest BCUT2D eigenvalue weighted by Gasteiger charge is 2.26. The second-order valence-corrected chi connectivity index (χ2v) is 11.1. The highest BCUT2D eigenvalue weighted by atomic mass is 32.2. The number of carbonyl (C=O) groups excluding carboxylic acids is 3. The molecule has 2 aromatic heterocycles. The van der Waals surface area contributed by atoms with Crippen LogP contribution in [0, 0.1) is 6.92 Å². The van der Waals surface area contributed by atoms with E-state index in [0.717, 1.165) is 6.92 Å². The van der Waals surface area contributed by atoms with Crippen molar-refractivity contribution in [2.45, 2.75) is 37.6 Å². The van der Waals surface area contributed by atoms with Crippen LogP contribution in [0.25, 0.3) is 11.0 Å². The molecule has 2 heterocycles. The molecule has 3 aromatic rings. The Balaban J connectivity index is 1.69. The number of benzene rings is 1. The van der Waals surface area contributed by atoms with Crippen LogP contribution in [0.15, 0.2) is 41.7 Å². The summed E-state index contributed by atoms with van der Waals surface area (Å²) in [6.07, 6.45) is -0.156. The van der Waals surface area contributed by atoms with E-state index in [0.29, 0.717) is 22.3 Å². The summed E-state index contributed by atoms with van der Waals surface area (Å²) < 4.78 is 61.4. The number of aromatic nitrogens is 3. The van der Waals surface area contributed by atoms with Gasteiger partial charge in [-0.3, -0.25) is 9.19 Å². The molecule has 1 atom stereocenters. The minimum atomic E-state index is -3.04. The van der Waals surface area contributed by atoms with E-state index in [2.05, 4.69) is 14.7 Å². The van der Waals surface area contributed by atoms with Gasteiger partial charge >= 0.3 is 18.3 Å². The number of nitrogens with zero attached hydrogens (tertiary/aromatic N) is 5. The predicted molar refractivity (Wildman–Crippen MR) is 155 cm³/mol. The van der Waals surface area contributed by atoms with Gasteiger partial charge in [-0.15, -0.1) is 0 Å². The van der Waals surface area contributed by atoms with Gasteiger partial charge in [-0.2, -0.15) is 0 Å². The molecule has 0 radical (unpaired) electrons. The molecule has 0 saturated carbocycles. The second kappa shape index (κ2) is 15.4. The quantitative estimate of drug-likeness (QED) is 0.250. The lowest BCUT2D eigenvalue weighted by atomic mass is 10.2. The Kier molecular flexibility index (Phi) is 12.0. The van der Waals surface area contributed by atoms with Gasteiger partial charge in [0.05, 0.1) is 53.0 Å². The van der Waals surface area contributed by atoms with Crippen molar-refractivity contribution in [2.75, 3.05) is 53.6 Å². The number of hydrogen-bond acceptors (Lipinski definition) is 10. The van der Waals surface area contributed by atoms with Crippen molar-refractivity contribution in [2.24, 2.45) is 0 Å². The number of halogens is 2. The monoisotopic (exact) mass is 639 g/mol. The number of alkyl halides is 2. The van der Waals surface area contributed by atoms with Crippen molar-refractivity contribution in [1.82, 2.24) is 24.3 Å². The molecule has 0 aliphatic rings. The van der Waals surface area contributed by atoms with Crippen LogP contribution in [0.1, 0.15) is 25.1 Å². The third-order valence-corrected chi connectivity index (χ3v) is 7.35. The van der Waals surface area contributed by atoms with E-state index in [4.69, 9.17) is 14.2 Å². The Labute approximate surface area is 255 Å². The van der Waals surface area contributed by atoms with Crippen LogP contribution >= 0.6 is 0 Å². The van der Waals surface area contributed by atoms with E-state index in [-0.39, 0.29) is 49.6 Å². The minimum absolute atomic E-state index is 0.00156.